The van der Waals surface area contributed by atoms with Crippen LogP contribution < -0.4 is 0 Å². The van der Waals surface area contributed by atoms with Crippen LogP contribution in [0, 0.1) is 40.9 Å². The van der Waals surface area contributed by atoms with Crippen LogP contribution in [0.5, 0.6) is 0 Å². The van der Waals surface area contributed by atoms with Gasteiger partial charge < -0.3 is 10.2 Å². The summed E-state index contributed by atoms with van der Waals surface area (Å²) in [6.07, 6.45) is 13.3. The number of hydrogen-bond acceptors (Lipinski definition) is 4. The SMILES string of the molecule is CC[C@]1(O)CC[C@H]2C(=CC[C@@H]3[C@@H]2CC[C@]2(C)[C@@H]([C@H](C)CC(CC(C)(C)O)S(=O)(=O)c4ccccc4)CC[C@@H]32)C1. The Morgan fingerprint density at radius 3 is 2.44 bits per heavy atom. The Labute approximate surface area is 237 Å². The van der Waals surface area contributed by atoms with Gasteiger partial charge in [-0.3, -0.25) is 0 Å². The number of fused-ring (bicyclic) bond motifs is 5. The van der Waals surface area contributed by atoms with Gasteiger partial charge in [-0.25, -0.2) is 8.42 Å². The maximum absolute atomic E-state index is 13.8. The summed E-state index contributed by atoms with van der Waals surface area (Å²) in [5.74, 6) is 3.63. The van der Waals surface area contributed by atoms with E-state index in [0.717, 1.165) is 43.9 Å². The molecular formula is C34H52O4S. The fourth-order valence-electron chi connectivity index (χ4n) is 9.90. The fourth-order valence-corrected chi connectivity index (χ4v) is 12.0. The maximum atomic E-state index is 13.8. The average Bonchev–Trinajstić information content (AvgIpc) is 3.25. The van der Waals surface area contributed by atoms with Crippen LogP contribution in [-0.4, -0.2) is 35.1 Å². The normalized spacial score (nSPS) is 38.2. The number of rotatable bonds is 8. The van der Waals surface area contributed by atoms with Crippen LogP contribution in [0.25, 0.3) is 0 Å². The minimum Gasteiger partial charge on any atom is -0.390 e. The number of benzene rings is 1. The first-order valence-electron chi connectivity index (χ1n) is 15.7. The minimum absolute atomic E-state index is 0.251. The topological polar surface area (TPSA) is 74.6 Å². The Balaban J connectivity index is 1.34. The molecule has 1 aromatic carbocycles. The van der Waals surface area contributed by atoms with Crippen LogP contribution in [0.3, 0.4) is 0 Å². The second-order valence-corrected chi connectivity index (χ2v) is 17.0. The summed E-state index contributed by atoms with van der Waals surface area (Å²) in [7, 11) is -3.54. The van der Waals surface area contributed by atoms with Crippen molar-refractivity contribution in [2.24, 2.45) is 40.9 Å². The van der Waals surface area contributed by atoms with Gasteiger partial charge >= 0.3 is 0 Å². The van der Waals surface area contributed by atoms with Gasteiger partial charge in [-0.1, -0.05) is 50.6 Å². The molecule has 3 fully saturated rings. The first kappa shape index (κ1) is 29.3. The molecule has 4 aliphatic carbocycles. The first-order valence-corrected chi connectivity index (χ1v) is 17.2. The Morgan fingerprint density at radius 2 is 1.77 bits per heavy atom. The molecule has 5 heteroatoms. The Morgan fingerprint density at radius 1 is 1.05 bits per heavy atom. The van der Waals surface area contributed by atoms with E-state index in [9.17, 15) is 18.6 Å². The van der Waals surface area contributed by atoms with Crippen molar-refractivity contribution in [3.63, 3.8) is 0 Å². The van der Waals surface area contributed by atoms with E-state index in [0.29, 0.717) is 29.1 Å². The van der Waals surface area contributed by atoms with Crippen LogP contribution >= 0.6 is 0 Å². The highest BCUT2D eigenvalue weighted by molar-refractivity contribution is 7.92. The van der Waals surface area contributed by atoms with Gasteiger partial charge in [0, 0.05) is 0 Å². The molecule has 0 aliphatic heterocycles. The van der Waals surface area contributed by atoms with Crippen molar-refractivity contribution in [3.8, 4) is 0 Å². The van der Waals surface area contributed by atoms with Gasteiger partial charge in [0.1, 0.15) is 0 Å². The molecule has 1 unspecified atom stereocenters. The van der Waals surface area contributed by atoms with Crippen LogP contribution in [0.1, 0.15) is 105 Å². The molecule has 2 N–H and O–H groups in total. The third-order valence-electron chi connectivity index (χ3n) is 11.9. The second-order valence-electron chi connectivity index (χ2n) is 14.8. The van der Waals surface area contributed by atoms with Crippen LogP contribution in [0.15, 0.2) is 46.9 Å². The predicted octanol–water partition coefficient (Wildman–Crippen LogP) is 7.35. The van der Waals surface area contributed by atoms with Crippen molar-refractivity contribution in [1.82, 2.24) is 0 Å². The molecule has 3 saturated carbocycles. The number of sulfone groups is 1. The number of aliphatic hydroxyl groups is 2. The third-order valence-corrected chi connectivity index (χ3v) is 14.0. The molecule has 0 amide bonds. The molecule has 4 nitrogen and oxygen atoms in total. The Hall–Kier alpha value is -1.17. The zero-order chi connectivity index (χ0) is 28.2. The van der Waals surface area contributed by atoms with Crippen LogP contribution in [0.2, 0.25) is 0 Å². The van der Waals surface area contributed by atoms with Gasteiger partial charge in [-0.05, 0) is 138 Å². The molecule has 0 heterocycles. The molecule has 4 aliphatic rings. The largest absolute Gasteiger partial charge is 0.390 e. The molecule has 0 aromatic heterocycles. The van der Waals surface area contributed by atoms with Gasteiger partial charge in [-0.2, -0.15) is 0 Å². The summed E-state index contributed by atoms with van der Waals surface area (Å²) >= 11 is 0. The van der Waals surface area contributed by atoms with E-state index >= 15 is 0 Å². The van der Waals surface area contributed by atoms with E-state index in [2.05, 4.69) is 26.8 Å². The van der Waals surface area contributed by atoms with E-state index in [1.54, 1.807) is 43.7 Å². The lowest BCUT2D eigenvalue weighted by Gasteiger charge is -2.55. The van der Waals surface area contributed by atoms with Gasteiger partial charge in [0.2, 0.25) is 0 Å². The standard InChI is InChI=1S/C34H52O4S/c1-6-34(36)19-17-27-24(21-34)12-13-29-28(27)16-18-33(5)30(14-15-31(29)33)23(2)20-26(22-32(3,4)35)39(37,38)25-10-8-7-9-11-25/h7-12,23,26-31,35-36H,6,13-22H2,1-5H3/t23-,26?,27+,28-,29-,30-,31+,33-,34+/m1/s1. The third kappa shape index (κ3) is 5.54. The zero-order valence-corrected chi connectivity index (χ0v) is 25.7. The summed E-state index contributed by atoms with van der Waals surface area (Å²) in [6, 6.07) is 8.82. The highest BCUT2D eigenvalue weighted by atomic mass is 32.2. The van der Waals surface area contributed by atoms with Gasteiger partial charge in [-0.15, -0.1) is 0 Å². The number of allylic oxidation sites excluding steroid dienone is 1. The predicted molar refractivity (Wildman–Crippen MR) is 158 cm³/mol. The van der Waals surface area contributed by atoms with Crippen molar-refractivity contribution in [3.05, 3.63) is 42.0 Å². The van der Waals surface area contributed by atoms with Crippen LogP contribution in [-0.2, 0) is 9.84 Å². The van der Waals surface area contributed by atoms with E-state index in [-0.39, 0.29) is 17.8 Å². The van der Waals surface area contributed by atoms with E-state index in [1.807, 2.05) is 6.07 Å². The Bertz CT molecular complexity index is 1150. The van der Waals surface area contributed by atoms with Crippen molar-refractivity contribution < 1.29 is 18.6 Å². The lowest BCUT2D eigenvalue weighted by Crippen LogP contribution is -2.48. The lowest BCUT2D eigenvalue weighted by molar-refractivity contribution is -0.0462. The smallest absolute Gasteiger partial charge is 0.181 e. The van der Waals surface area contributed by atoms with Crippen molar-refractivity contribution >= 4 is 9.84 Å². The molecule has 39 heavy (non-hydrogen) atoms. The summed E-state index contributed by atoms with van der Waals surface area (Å²) in [6.45, 7) is 10.4. The molecule has 1 aromatic rings. The molecule has 218 valence electrons. The first-order chi connectivity index (χ1) is 18.3. The Kier molecular flexibility index (Phi) is 7.96. The minimum atomic E-state index is -3.54. The van der Waals surface area contributed by atoms with E-state index in [4.69, 9.17) is 0 Å². The van der Waals surface area contributed by atoms with Crippen molar-refractivity contribution in [1.29, 1.82) is 0 Å². The molecule has 9 atom stereocenters. The summed E-state index contributed by atoms with van der Waals surface area (Å²) in [5, 5.41) is 21.1. The molecule has 0 saturated heterocycles. The monoisotopic (exact) mass is 556 g/mol. The average molecular weight is 557 g/mol. The summed E-state index contributed by atoms with van der Waals surface area (Å²) < 4.78 is 27.6. The molecule has 0 radical (unpaired) electrons. The number of hydrogen-bond donors (Lipinski definition) is 2. The summed E-state index contributed by atoms with van der Waals surface area (Å²) in [4.78, 5) is 0.370. The lowest BCUT2D eigenvalue weighted by atomic mass is 9.50. The zero-order valence-electron chi connectivity index (χ0n) is 24.9. The quantitative estimate of drug-likeness (QED) is 0.328. The fraction of sp³-hybridized carbons (Fsp3) is 0.765. The summed E-state index contributed by atoms with van der Waals surface area (Å²) in [5.41, 5.74) is 0.258. The van der Waals surface area contributed by atoms with E-state index in [1.165, 1.54) is 25.7 Å². The molecule has 0 bridgehead atoms. The van der Waals surface area contributed by atoms with E-state index < -0.39 is 26.3 Å². The molecular weight excluding hydrogens is 504 g/mol. The molecule has 5 rings (SSSR count). The second kappa shape index (κ2) is 10.6. The van der Waals surface area contributed by atoms with Crippen molar-refractivity contribution in [2.45, 2.75) is 127 Å². The highest BCUT2D eigenvalue weighted by Gasteiger charge is 2.57. The molecule has 0 spiro atoms. The maximum Gasteiger partial charge on any atom is 0.181 e. The van der Waals surface area contributed by atoms with Gasteiger partial charge in [0.25, 0.3) is 0 Å². The van der Waals surface area contributed by atoms with Gasteiger partial charge in [0.05, 0.1) is 21.3 Å². The van der Waals surface area contributed by atoms with Crippen molar-refractivity contribution in [2.75, 3.05) is 0 Å². The highest BCUT2D eigenvalue weighted by Crippen LogP contribution is 2.65. The van der Waals surface area contributed by atoms with Crippen LogP contribution in [0.4, 0.5) is 0 Å². The van der Waals surface area contributed by atoms with Gasteiger partial charge in [0.15, 0.2) is 9.84 Å².